The number of hydrogen-bond acceptors (Lipinski definition) is 6. The fourth-order valence-corrected chi connectivity index (χ4v) is 10.1. The summed E-state index contributed by atoms with van der Waals surface area (Å²) in [4.78, 5) is 41.9. The standard InChI is InChI=1S/C35H42N2O6Si/c1-23-29(42-32(34(23)44(2,3)41)21-33(39)36-19-9-12-26(36)22-38)18-17-24-10-8-11-25(20-24)37-28-14-5-7-16-31(28)43-30-15-6-4-13-27(30)35(37)40/h4-8,10-11,13-16,20,23,26,29,32,34,38,41H,9,12,17-19,21-22H2,1-3H3/t23-,26+,29+,32-,34+/m1/s1. The molecular formula is C35H42N2O6Si. The third kappa shape index (κ3) is 5.94. The molecule has 2 amide bonds. The number of likely N-dealkylation sites (tertiary alicyclic amines) is 1. The zero-order chi connectivity index (χ0) is 31.0. The molecule has 6 rings (SSSR count). The van der Waals surface area contributed by atoms with Crippen molar-refractivity contribution in [2.24, 2.45) is 5.92 Å². The molecule has 3 aliphatic heterocycles. The van der Waals surface area contributed by atoms with E-state index in [0.29, 0.717) is 29.3 Å². The highest BCUT2D eigenvalue weighted by molar-refractivity contribution is 6.71. The summed E-state index contributed by atoms with van der Waals surface area (Å²) in [5, 5.41) is 9.73. The number of benzene rings is 3. The molecule has 0 aliphatic carbocycles. The average Bonchev–Trinajstić information content (AvgIpc) is 3.58. The highest BCUT2D eigenvalue weighted by Gasteiger charge is 2.50. The smallest absolute Gasteiger partial charge is 0.266 e. The van der Waals surface area contributed by atoms with Gasteiger partial charge in [0.25, 0.3) is 5.91 Å². The van der Waals surface area contributed by atoms with Gasteiger partial charge < -0.3 is 24.3 Å². The van der Waals surface area contributed by atoms with Crippen LogP contribution < -0.4 is 9.64 Å². The Labute approximate surface area is 260 Å². The van der Waals surface area contributed by atoms with Gasteiger partial charge in [0, 0.05) is 17.8 Å². The molecule has 0 radical (unpaired) electrons. The first-order chi connectivity index (χ1) is 21.2. The molecule has 0 saturated carbocycles. The summed E-state index contributed by atoms with van der Waals surface area (Å²) in [6, 6.07) is 22.8. The van der Waals surface area contributed by atoms with Gasteiger partial charge in [0.1, 0.15) is 5.75 Å². The molecule has 2 fully saturated rings. The van der Waals surface area contributed by atoms with E-state index >= 15 is 0 Å². The molecular weight excluding hydrogens is 572 g/mol. The number of fused-ring (bicyclic) bond motifs is 2. The van der Waals surface area contributed by atoms with Crippen molar-refractivity contribution in [3.63, 3.8) is 0 Å². The number of carbonyl (C=O) groups is 2. The minimum Gasteiger partial charge on any atom is -0.454 e. The molecule has 2 saturated heterocycles. The topological polar surface area (TPSA) is 99.5 Å². The monoisotopic (exact) mass is 614 g/mol. The van der Waals surface area contributed by atoms with E-state index in [-0.39, 0.29) is 54.6 Å². The summed E-state index contributed by atoms with van der Waals surface area (Å²) in [6.45, 7) is 6.65. The molecule has 0 spiro atoms. The van der Waals surface area contributed by atoms with Crippen molar-refractivity contribution in [1.82, 2.24) is 4.90 Å². The number of aliphatic hydroxyl groups is 1. The van der Waals surface area contributed by atoms with Crippen LogP contribution in [0.1, 0.15) is 48.5 Å². The fraction of sp³-hybridized carbons (Fsp3) is 0.429. The van der Waals surface area contributed by atoms with Crippen LogP contribution in [-0.2, 0) is 16.0 Å². The van der Waals surface area contributed by atoms with E-state index in [1.54, 1.807) is 15.9 Å². The predicted molar refractivity (Wildman–Crippen MR) is 172 cm³/mol. The van der Waals surface area contributed by atoms with Gasteiger partial charge in [0.15, 0.2) is 14.1 Å². The predicted octanol–water partition coefficient (Wildman–Crippen LogP) is 6.05. The fourth-order valence-electron chi connectivity index (χ4n) is 7.48. The summed E-state index contributed by atoms with van der Waals surface area (Å²) >= 11 is 0. The lowest BCUT2D eigenvalue weighted by molar-refractivity contribution is -0.135. The lowest BCUT2D eigenvalue weighted by Crippen LogP contribution is -2.43. The van der Waals surface area contributed by atoms with Crippen molar-refractivity contribution >= 4 is 31.5 Å². The molecule has 9 heteroatoms. The Morgan fingerprint density at radius 2 is 1.75 bits per heavy atom. The van der Waals surface area contributed by atoms with E-state index in [2.05, 4.69) is 13.0 Å². The number of anilines is 2. The molecule has 0 bridgehead atoms. The van der Waals surface area contributed by atoms with E-state index < -0.39 is 8.32 Å². The molecule has 0 unspecified atom stereocenters. The number of amides is 2. The van der Waals surface area contributed by atoms with Gasteiger partial charge in [0.2, 0.25) is 5.91 Å². The zero-order valence-electron chi connectivity index (χ0n) is 25.7. The number of hydrogen-bond donors (Lipinski definition) is 2. The van der Waals surface area contributed by atoms with Crippen molar-refractivity contribution in [3.05, 3.63) is 83.9 Å². The van der Waals surface area contributed by atoms with Gasteiger partial charge in [-0.05, 0) is 86.7 Å². The van der Waals surface area contributed by atoms with Crippen molar-refractivity contribution in [3.8, 4) is 11.5 Å². The van der Waals surface area contributed by atoms with Crippen molar-refractivity contribution < 1.29 is 29.0 Å². The Hall–Kier alpha value is -3.50. The molecule has 44 heavy (non-hydrogen) atoms. The largest absolute Gasteiger partial charge is 0.454 e. The summed E-state index contributed by atoms with van der Waals surface area (Å²) < 4.78 is 12.7. The Balaban J connectivity index is 1.20. The van der Waals surface area contributed by atoms with Crippen LogP contribution >= 0.6 is 0 Å². The zero-order valence-corrected chi connectivity index (χ0v) is 26.7. The number of rotatable bonds is 8. The third-order valence-corrected chi connectivity index (χ3v) is 12.1. The SMILES string of the molecule is C[C@H]1[C@H]([Si](C)(C)O)[C@@H](CC(=O)N2CCC[C@H]2CO)O[C@H]1CCc1cccc(N2C(=O)c3ccccc3Oc3ccccc32)c1. The van der Waals surface area contributed by atoms with E-state index in [9.17, 15) is 19.5 Å². The third-order valence-electron chi connectivity index (χ3n) is 9.54. The lowest BCUT2D eigenvalue weighted by Gasteiger charge is -2.31. The van der Waals surface area contributed by atoms with Gasteiger partial charge in [-0.3, -0.25) is 14.5 Å². The van der Waals surface area contributed by atoms with Gasteiger partial charge in [-0.15, -0.1) is 0 Å². The second kappa shape index (κ2) is 12.5. The van der Waals surface area contributed by atoms with Gasteiger partial charge in [-0.1, -0.05) is 43.3 Å². The minimum absolute atomic E-state index is 0.00306. The first-order valence-corrected chi connectivity index (χ1v) is 18.8. The van der Waals surface area contributed by atoms with Crippen LogP contribution in [0.3, 0.4) is 0 Å². The Kier molecular flexibility index (Phi) is 8.65. The Morgan fingerprint density at radius 1 is 1.00 bits per heavy atom. The number of nitrogens with zero attached hydrogens (tertiary/aromatic N) is 2. The second-order valence-corrected chi connectivity index (χ2v) is 16.9. The molecule has 3 heterocycles. The van der Waals surface area contributed by atoms with Crippen LogP contribution in [0, 0.1) is 5.92 Å². The first kappa shape index (κ1) is 30.5. The molecule has 232 valence electrons. The lowest BCUT2D eigenvalue weighted by atomic mass is 9.95. The molecule has 0 aromatic heterocycles. The van der Waals surface area contributed by atoms with Crippen LogP contribution in [0.4, 0.5) is 11.4 Å². The quantitative estimate of drug-likeness (QED) is 0.300. The van der Waals surface area contributed by atoms with Crippen molar-refractivity contribution in [2.45, 2.75) is 75.9 Å². The Morgan fingerprint density at radius 3 is 2.52 bits per heavy atom. The molecule has 8 nitrogen and oxygen atoms in total. The van der Waals surface area contributed by atoms with Crippen LogP contribution in [0.5, 0.6) is 11.5 Å². The molecule has 3 aromatic carbocycles. The summed E-state index contributed by atoms with van der Waals surface area (Å²) in [5.74, 6) is 1.10. The normalized spacial score (nSPS) is 24.9. The van der Waals surface area contributed by atoms with Crippen LogP contribution in [-0.4, -0.2) is 66.3 Å². The van der Waals surface area contributed by atoms with Crippen molar-refractivity contribution in [1.29, 1.82) is 0 Å². The van der Waals surface area contributed by atoms with E-state index in [1.807, 2.05) is 73.8 Å². The van der Waals surface area contributed by atoms with E-state index in [0.717, 1.165) is 36.9 Å². The van der Waals surface area contributed by atoms with E-state index in [1.165, 1.54) is 0 Å². The van der Waals surface area contributed by atoms with Crippen LogP contribution in [0.25, 0.3) is 0 Å². The van der Waals surface area contributed by atoms with Crippen LogP contribution in [0.2, 0.25) is 18.6 Å². The first-order valence-electron chi connectivity index (χ1n) is 15.7. The van der Waals surface area contributed by atoms with Gasteiger partial charge >= 0.3 is 0 Å². The summed E-state index contributed by atoms with van der Waals surface area (Å²) in [6.07, 6.45) is 2.96. The van der Waals surface area contributed by atoms with E-state index in [4.69, 9.17) is 9.47 Å². The van der Waals surface area contributed by atoms with Crippen LogP contribution in [0.15, 0.2) is 72.8 Å². The number of ether oxygens (including phenoxy) is 2. The minimum atomic E-state index is -2.64. The highest BCUT2D eigenvalue weighted by atomic mass is 28.4. The van der Waals surface area contributed by atoms with Crippen molar-refractivity contribution in [2.75, 3.05) is 18.1 Å². The van der Waals surface area contributed by atoms with Gasteiger partial charge in [-0.2, -0.15) is 0 Å². The molecule has 3 aliphatic rings. The molecule has 3 aromatic rings. The number of aliphatic hydroxyl groups excluding tert-OH is 1. The highest BCUT2D eigenvalue weighted by Crippen LogP contribution is 2.46. The summed E-state index contributed by atoms with van der Waals surface area (Å²) in [5.41, 5.74) is 2.95. The molecule has 2 N–H and O–H groups in total. The average molecular weight is 615 g/mol. The Bertz CT molecular complexity index is 1520. The van der Waals surface area contributed by atoms with Gasteiger partial charge in [0.05, 0.1) is 42.5 Å². The summed E-state index contributed by atoms with van der Waals surface area (Å²) in [7, 11) is -2.64. The maximum absolute atomic E-state index is 13.9. The second-order valence-electron chi connectivity index (χ2n) is 12.9. The molecule has 5 atom stereocenters. The number of carbonyl (C=O) groups excluding carboxylic acids is 2. The maximum Gasteiger partial charge on any atom is 0.266 e. The number of para-hydroxylation sites is 3. The maximum atomic E-state index is 13.9. The van der Waals surface area contributed by atoms with Gasteiger partial charge in [-0.25, -0.2) is 0 Å². The number of aryl methyl sites for hydroxylation is 1.